The molecule has 0 unspecified atom stereocenters. The Morgan fingerprint density at radius 2 is 2.21 bits per heavy atom. The maximum atomic E-state index is 11.7. The highest BCUT2D eigenvalue weighted by atomic mass is 16.4. The Hall–Kier alpha value is -2.18. The summed E-state index contributed by atoms with van der Waals surface area (Å²) in [4.78, 5) is 31.7. The summed E-state index contributed by atoms with van der Waals surface area (Å²) in [6, 6.07) is 1.49. The van der Waals surface area contributed by atoms with E-state index in [1.807, 2.05) is 0 Å². The second-order valence-corrected chi connectivity index (χ2v) is 4.17. The van der Waals surface area contributed by atoms with Gasteiger partial charge in [0.2, 0.25) is 0 Å². The van der Waals surface area contributed by atoms with Gasteiger partial charge < -0.3 is 15.3 Å². The van der Waals surface area contributed by atoms with Crippen LogP contribution in [0.4, 0.5) is 4.79 Å². The monoisotopic (exact) mass is 266 g/mol. The SMILES string of the molecule is Cc1nccc(CNC(=O)N(C)CCCC(=O)O)n1. The first-order valence-corrected chi connectivity index (χ1v) is 5.98. The van der Waals surface area contributed by atoms with Crippen LogP contribution in [0.25, 0.3) is 0 Å². The van der Waals surface area contributed by atoms with Crippen LogP contribution in [0.1, 0.15) is 24.4 Å². The molecule has 7 heteroatoms. The van der Waals surface area contributed by atoms with Crippen molar-refractivity contribution in [2.75, 3.05) is 13.6 Å². The Bertz CT molecular complexity index is 450. The van der Waals surface area contributed by atoms with E-state index in [9.17, 15) is 9.59 Å². The summed E-state index contributed by atoms with van der Waals surface area (Å²) in [7, 11) is 1.63. The Kier molecular flexibility index (Phi) is 5.72. The highest BCUT2D eigenvalue weighted by Crippen LogP contribution is 1.97. The lowest BCUT2D eigenvalue weighted by atomic mass is 10.3. The fourth-order valence-corrected chi connectivity index (χ4v) is 1.47. The first-order valence-electron chi connectivity index (χ1n) is 5.98. The van der Waals surface area contributed by atoms with Gasteiger partial charge in [0, 0.05) is 26.2 Å². The lowest BCUT2D eigenvalue weighted by Gasteiger charge is -2.17. The van der Waals surface area contributed by atoms with E-state index >= 15 is 0 Å². The van der Waals surface area contributed by atoms with E-state index in [0.29, 0.717) is 25.3 Å². The van der Waals surface area contributed by atoms with Crippen molar-refractivity contribution in [3.63, 3.8) is 0 Å². The third-order valence-corrected chi connectivity index (χ3v) is 2.49. The van der Waals surface area contributed by atoms with Gasteiger partial charge in [0.1, 0.15) is 5.82 Å². The van der Waals surface area contributed by atoms with E-state index in [1.54, 1.807) is 26.2 Å². The molecule has 0 bridgehead atoms. The van der Waals surface area contributed by atoms with Crippen LogP contribution in [-0.4, -0.2) is 45.6 Å². The highest BCUT2D eigenvalue weighted by Gasteiger charge is 2.08. The maximum Gasteiger partial charge on any atom is 0.317 e. The van der Waals surface area contributed by atoms with E-state index in [1.165, 1.54) is 4.90 Å². The van der Waals surface area contributed by atoms with Gasteiger partial charge in [-0.15, -0.1) is 0 Å². The zero-order valence-electron chi connectivity index (χ0n) is 11.1. The number of urea groups is 1. The number of carboxylic acid groups (broad SMARTS) is 1. The molecule has 7 nitrogen and oxygen atoms in total. The molecule has 104 valence electrons. The van der Waals surface area contributed by atoms with Crippen molar-refractivity contribution in [3.05, 3.63) is 23.8 Å². The van der Waals surface area contributed by atoms with Gasteiger partial charge in [0.25, 0.3) is 0 Å². The van der Waals surface area contributed by atoms with E-state index < -0.39 is 5.97 Å². The van der Waals surface area contributed by atoms with Gasteiger partial charge in [-0.3, -0.25) is 4.79 Å². The molecule has 0 saturated carbocycles. The summed E-state index contributed by atoms with van der Waals surface area (Å²) < 4.78 is 0. The topological polar surface area (TPSA) is 95.4 Å². The van der Waals surface area contributed by atoms with Gasteiger partial charge in [0.05, 0.1) is 12.2 Å². The second kappa shape index (κ2) is 7.30. The second-order valence-electron chi connectivity index (χ2n) is 4.17. The minimum atomic E-state index is -0.856. The number of nitrogens with zero attached hydrogens (tertiary/aromatic N) is 3. The number of rotatable bonds is 6. The average Bonchev–Trinajstić information content (AvgIpc) is 2.35. The number of carboxylic acids is 1. The molecule has 1 aromatic rings. The van der Waals surface area contributed by atoms with Gasteiger partial charge in [-0.05, 0) is 19.4 Å². The molecule has 1 heterocycles. The van der Waals surface area contributed by atoms with Crippen molar-refractivity contribution in [2.24, 2.45) is 0 Å². The molecule has 0 saturated heterocycles. The Labute approximate surface area is 111 Å². The summed E-state index contributed by atoms with van der Waals surface area (Å²) in [6.45, 7) is 2.51. The molecular weight excluding hydrogens is 248 g/mol. The largest absolute Gasteiger partial charge is 0.481 e. The van der Waals surface area contributed by atoms with Gasteiger partial charge in [-0.25, -0.2) is 14.8 Å². The summed E-state index contributed by atoms with van der Waals surface area (Å²) in [6.07, 6.45) is 2.13. The summed E-state index contributed by atoms with van der Waals surface area (Å²) in [5, 5.41) is 11.2. The number of aryl methyl sites for hydroxylation is 1. The standard InChI is InChI=1S/C12H18N4O3/c1-9-13-6-5-10(15-9)8-14-12(19)16(2)7-3-4-11(17)18/h5-6H,3-4,7-8H2,1-2H3,(H,14,19)(H,17,18). The van der Waals surface area contributed by atoms with Crippen molar-refractivity contribution in [1.82, 2.24) is 20.2 Å². The molecule has 0 aromatic carbocycles. The minimum Gasteiger partial charge on any atom is -0.481 e. The van der Waals surface area contributed by atoms with Crippen LogP contribution in [0.15, 0.2) is 12.3 Å². The van der Waals surface area contributed by atoms with E-state index in [-0.39, 0.29) is 12.5 Å². The molecule has 0 spiro atoms. The normalized spacial score (nSPS) is 10.0. The van der Waals surface area contributed by atoms with Crippen LogP contribution in [0.3, 0.4) is 0 Å². The number of carbonyl (C=O) groups excluding carboxylic acids is 1. The number of nitrogens with one attached hydrogen (secondary N) is 1. The molecule has 0 fully saturated rings. The molecule has 0 aliphatic heterocycles. The fourth-order valence-electron chi connectivity index (χ4n) is 1.47. The van der Waals surface area contributed by atoms with Crippen LogP contribution in [0.2, 0.25) is 0 Å². The first-order chi connectivity index (χ1) is 8.99. The van der Waals surface area contributed by atoms with Crippen LogP contribution in [0.5, 0.6) is 0 Å². The number of hydrogen-bond donors (Lipinski definition) is 2. The molecule has 0 radical (unpaired) electrons. The van der Waals surface area contributed by atoms with Gasteiger partial charge in [0.15, 0.2) is 0 Å². The molecule has 0 atom stereocenters. The molecule has 1 rings (SSSR count). The van der Waals surface area contributed by atoms with Crippen molar-refractivity contribution in [1.29, 1.82) is 0 Å². The van der Waals surface area contributed by atoms with Crippen molar-refractivity contribution < 1.29 is 14.7 Å². The number of aromatic nitrogens is 2. The Morgan fingerprint density at radius 3 is 2.84 bits per heavy atom. The van der Waals surface area contributed by atoms with Gasteiger partial charge in [-0.2, -0.15) is 0 Å². The summed E-state index contributed by atoms with van der Waals surface area (Å²) >= 11 is 0. The van der Waals surface area contributed by atoms with Crippen LogP contribution >= 0.6 is 0 Å². The predicted molar refractivity (Wildman–Crippen MR) is 68.5 cm³/mol. The molecular formula is C12H18N4O3. The zero-order valence-corrected chi connectivity index (χ0v) is 11.1. The number of carbonyl (C=O) groups is 2. The maximum absolute atomic E-state index is 11.7. The zero-order chi connectivity index (χ0) is 14.3. The fraction of sp³-hybridized carbons (Fsp3) is 0.500. The third kappa shape index (κ3) is 5.80. The van der Waals surface area contributed by atoms with Crippen molar-refractivity contribution >= 4 is 12.0 Å². The molecule has 0 aliphatic rings. The summed E-state index contributed by atoms with van der Waals surface area (Å²) in [5.41, 5.74) is 0.736. The molecule has 2 N–H and O–H groups in total. The van der Waals surface area contributed by atoms with Crippen LogP contribution in [-0.2, 0) is 11.3 Å². The van der Waals surface area contributed by atoms with Gasteiger partial charge >= 0.3 is 12.0 Å². The lowest BCUT2D eigenvalue weighted by Crippen LogP contribution is -2.37. The average molecular weight is 266 g/mol. The third-order valence-electron chi connectivity index (χ3n) is 2.49. The van der Waals surface area contributed by atoms with E-state index in [4.69, 9.17) is 5.11 Å². The van der Waals surface area contributed by atoms with Crippen molar-refractivity contribution in [2.45, 2.75) is 26.3 Å². The number of aliphatic carboxylic acids is 1. The Balaban J connectivity index is 2.32. The smallest absolute Gasteiger partial charge is 0.317 e. The van der Waals surface area contributed by atoms with E-state index in [0.717, 1.165) is 5.69 Å². The number of amides is 2. The summed E-state index contributed by atoms with van der Waals surface area (Å²) in [5.74, 6) is -0.202. The van der Waals surface area contributed by atoms with Gasteiger partial charge in [-0.1, -0.05) is 0 Å². The molecule has 2 amide bonds. The molecule has 19 heavy (non-hydrogen) atoms. The quantitative estimate of drug-likeness (QED) is 0.793. The van der Waals surface area contributed by atoms with E-state index in [2.05, 4.69) is 15.3 Å². The molecule has 0 aliphatic carbocycles. The Morgan fingerprint density at radius 1 is 1.47 bits per heavy atom. The minimum absolute atomic E-state index is 0.0583. The number of hydrogen-bond acceptors (Lipinski definition) is 4. The van der Waals surface area contributed by atoms with Crippen LogP contribution in [0, 0.1) is 6.92 Å². The predicted octanol–water partition coefficient (Wildman–Crippen LogP) is 0.791. The first kappa shape index (κ1) is 14.9. The molecule has 1 aromatic heterocycles. The van der Waals surface area contributed by atoms with Crippen LogP contribution < -0.4 is 5.32 Å². The lowest BCUT2D eigenvalue weighted by molar-refractivity contribution is -0.137. The highest BCUT2D eigenvalue weighted by molar-refractivity contribution is 5.73. The van der Waals surface area contributed by atoms with Crippen molar-refractivity contribution in [3.8, 4) is 0 Å².